The Balaban J connectivity index is 1.39. The normalized spacial score (nSPS) is 12.0. The van der Waals surface area contributed by atoms with Gasteiger partial charge in [0.1, 0.15) is 5.01 Å². The lowest BCUT2D eigenvalue weighted by Crippen LogP contribution is -1.98. The molecule has 0 aliphatic heterocycles. The zero-order chi connectivity index (χ0) is 19.5. The molecule has 0 spiro atoms. The van der Waals surface area contributed by atoms with Gasteiger partial charge in [-0.2, -0.15) is 0 Å². The number of benzene rings is 3. The summed E-state index contributed by atoms with van der Waals surface area (Å²) in [6.45, 7) is 0.682. The molecule has 140 valence electrons. The van der Waals surface area contributed by atoms with Crippen molar-refractivity contribution in [3.8, 4) is 0 Å². The first-order chi connectivity index (χ1) is 14.4. The van der Waals surface area contributed by atoms with E-state index in [1.807, 2.05) is 30.4 Å². The molecule has 0 aliphatic rings. The number of para-hydroxylation sites is 2. The largest absolute Gasteiger partial charge is 0.333 e. The molecule has 0 radical (unpaired) electrons. The Hall–Kier alpha value is -3.57. The number of rotatable bonds is 5. The molecule has 0 fully saturated rings. The van der Waals surface area contributed by atoms with Crippen LogP contribution in [-0.4, -0.2) is 21.0 Å². The Bertz CT molecular complexity index is 1280. The van der Waals surface area contributed by atoms with Crippen LogP contribution in [0.1, 0.15) is 10.6 Å². The molecule has 0 bridgehead atoms. The summed E-state index contributed by atoms with van der Waals surface area (Å²) in [4.78, 5) is 4.42. The molecule has 2 heterocycles. The molecule has 0 saturated carbocycles. The van der Waals surface area contributed by atoms with Crippen molar-refractivity contribution in [1.29, 1.82) is 0 Å². The predicted octanol–water partition coefficient (Wildman–Crippen LogP) is 6.11. The Labute approximate surface area is 172 Å². The van der Waals surface area contributed by atoms with E-state index in [1.54, 1.807) is 6.21 Å². The van der Waals surface area contributed by atoms with E-state index in [4.69, 9.17) is 0 Å². The number of aromatic nitrogens is 3. The van der Waals surface area contributed by atoms with Gasteiger partial charge in [0, 0.05) is 28.0 Å². The first-order valence-electron chi connectivity index (χ1n) is 9.42. The van der Waals surface area contributed by atoms with Gasteiger partial charge in [0.15, 0.2) is 0 Å². The third-order valence-electron chi connectivity index (χ3n) is 4.79. The molecule has 2 aromatic heterocycles. The second kappa shape index (κ2) is 7.81. The average molecular weight is 395 g/mol. The molecule has 0 atom stereocenters. The first-order valence-corrected chi connectivity index (χ1v) is 10.2. The Morgan fingerprint density at radius 2 is 1.45 bits per heavy atom. The Kier molecular flexibility index (Phi) is 4.72. The molecule has 0 unspecified atom stereocenters. The fraction of sp³-hybridized carbons (Fsp3) is 0.0417. The number of hydrogen-bond acceptors (Lipinski definition) is 4. The standard InChI is InChI=1S/C24H18N4S/c1-2-9-18(10-3-1)11-8-16-25-24-27-26-23(29-24)17-28-21-14-6-4-12-19(21)20-13-5-7-15-22(20)28/h1-16H,17H2/b11-8+,25-16+. The van der Waals surface area contributed by atoms with Crippen LogP contribution in [0.2, 0.25) is 0 Å². The molecule has 3 aromatic carbocycles. The summed E-state index contributed by atoms with van der Waals surface area (Å²) in [7, 11) is 0. The van der Waals surface area contributed by atoms with Crippen LogP contribution in [-0.2, 0) is 6.54 Å². The van der Waals surface area contributed by atoms with Crippen LogP contribution in [0.15, 0.2) is 89.9 Å². The molecular weight excluding hydrogens is 376 g/mol. The van der Waals surface area contributed by atoms with Gasteiger partial charge in [0.25, 0.3) is 0 Å². The maximum Gasteiger partial charge on any atom is 0.231 e. The summed E-state index contributed by atoms with van der Waals surface area (Å²) in [6.07, 6.45) is 5.70. The average Bonchev–Trinajstić information content (AvgIpc) is 3.35. The van der Waals surface area contributed by atoms with Gasteiger partial charge in [0.05, 0.1) is 6.54 Å². The molecule has 0 N–H and O–H groups in total. The number of hydrogen-bond donors (Lipinski definition) is 0. The van der Waals surface area contributed by atoms with Crippen molar-refractivity contribution in [1.82, 2.24) is 14.8 Å². The van der Waals surface area contributed by atoms with E-state index in [2.05, 4.69) is 80.4 Å². The van der Waals surface area contributed by atoms with Gasteiger partial charge < -0.3 is 4.57 Å². The summed E-state index contributed by atoms with van der Waals surface area (Å²) < 4.78 is 2.30. The number of fused-ring (bicyclic) bond motifs is 3. The second-order valence-corrected chi connectivity index (χ2v) is 7.69. The van der Waals surface area contributed by atoms with Crippen molar-refractivity contribution in [2.24, 2.45) is 4.99 Å². The van der Waals surface area contributed by atoms with Gasteiger partial charge in [-0.05, 0) is 23.8 Å². The minimum Gasteiger partial charge on any atom is -0.333 e. The first kappa shape index (κ1) is 17.5. The van der Waals surface area contributed by atoms with Crippen molar-refractivity contribution in [2.45, 2.75) is 6.54 Å². The molecule has 0 aliphatic carbocycles. The van der Waals surface area contributed by atoms with Gasteiger partial charge in [-0.3, -0.25) is 0 Å². The van der Waals surface area contributed by atoms with Crippen LogP contribution in [0.4, 0.5) is 5.13 Å². The molecule has 0 saturated heterocycles. The highest BCUT2D eigenvalue weighted by molar-refractivity contribution is 7.14. The number of nitrogens with zero attached hydrogens (tertiary/aromatic N) is 4. The summed E-state index contributed by atoms with van der Waals surface area (Å²) in [5, 5.41) is 12.7. The molecule has 0 amide bonds. The van der Waals surface area contributed by atoms with E-state index in [9.17, 15) is 0 Å². The topological polar surface area (TPSA) is 43.1 Å². The lowest BCUT2D eigenvalue weighted by atomic mass is 10.2. The summed E-state index contributed by atoms with van der Waals surface area (Å²) in [5.74, 6) is 0. The monoisotopic (exact) mass is 394 g/mol. The van der Waals surface area contributed by atoms with Crippen molar-refractivity contribution in [2.75, 3.05) is 0 Å². The van der Waals surface area contributed by atoms with Gasteiger partial charge in [-0.25, -0.2) is 4.99 Å². The van der Waals surface area contributed by atoms with Crippen LogP contribution in [0, 0.1) is 0 Å². The van der Waals surface area contributed by atoms with Crippen molar-refractivity contribution >= 4 is 50.6 Å². The van der Waals surface area contributed by atoms with Crippen molar-refractivity contribution < 1.29 is 0 Å². The van der Waals surface area contributed by atoms with Gasteiger partial charge >= 0.3 is 0 Å². The van der Waals surface area contributed by atoms with Crippen molar-refractivity contribution in [3.63, 3.8) is 0 Å². The minimum absolute atomic E-state index is 0.665. The summed E-state index contributed by atoms with van der Waals surface area (Å²) in [5.41, 5.74) is 3.56. The van der Waals surface area contributed by atoms with E-state index < -0.39 is 0 Å². The smallest absolute Gasteiger partial charge is 0.231 e. The SMILES string of the molecule is C(=C\c1ccccc1)/C=N/c1nnc(Cn2c3ccccc3c3ccccc32)s1. The van der Waals surface area contributed by atoms with Crippen LogP contribution in [0.3, 0.4) is 0 Å². The minimum atomic E-state index is 0.665. The van der Waals surface area contributed by atoms with E-state index in [0.29, 0.717) is 11.7 Å². The van der Waals surface area contributed by atoms with Crippen LogP contribution in [0.25, 0.3) is 27.9 Å². The fourth-order valence-electron chi connectivity index (χ4n) is 3.49. The summed E-state index contributed by atoms with van der Waals surface area (Å²) >= 11 is 1.52. The van der Waals surface area contributed by atoms with E-state index >= 15 is 0 Å². The molecule has 5 aromatic rings. The number of allylic oxidation sites excluding steroid dienone is 1. The van der Waals surface area contributed by atoms with Crippen LogP contribution < -0.4 is 0 Å². The van der Waals surface area contributed by atoms with E-state index in [1.165, 1.54) is 33.1 Å². The lowest BCUT2D eigenvalue weighted by molar-refractivity contribution is 0.836. The van der Waals surface area contributed by atoms with Crippen molar-refractivity contribution in [3.05, 3.63) is 95.5 Å². The van der Waals surface area contributed by atoms with E-state index in [-0.39, 0.29) is 0 Å². The maximum atomic E-state index is 4.42. The fourth-order valence-corrected chi connectivity index (χ4v) is 4.18. The van der Waals surface area contributed by atoms with E-state index in [0.717, 1.165) is 10.6 Å². The van der Waals surface area contributed by atoms with Crippen LogP contribution in [0.5, 0.6) is 0 Å². The number of aliphatic imine (C=N–C) groups is 1. The van der Waals surface area contributed by atoms with Gasteiger partial charge in [-0.1, -0.05) is 84.1 Å². The van der Waals surface area contributed by atoms with Gasteiger partial charge in [-0.15, -0.1) is 10.2 Å². The predicted molar refractivity (Wildman–Crippen MR) is 122 cm³/mol. The van der Waals surface area contributed by atoms with Crippen LogP contribution >= 0.6 is 11.3 Å². The second-order valence-electron chi connectivity index (χ2n) is 6.65. The molecule has 5 heteroatoms. The summed E-state index contributed by atoms with van der Waals surface area (Å²) in [6, 6.07) is 27.1. The highest BCUT2D eigenvalue weighted by Gasteiger charge is 2.12. The molecule has 5 rings (SSSR count). The highest BCUT2D eigenvalue weighted by Crippen LogP contribution is 2.30. The maximum absolute atomic E-state index is 4.42. The third kappa shape index (κ3) is 3.60. The Morgan fingerprint density at radius 1 is 0.793 bits per heavy atom. The lowest BCUT2D eigenvalue weighted by Gasteiger charge is -2.04. The zero-order valence-electron chi connectivity index (χ0n) is 15.6. The molecule has 4 nitrogen and oxygen atoms in total. The molecule has 29 heavy (non-hydrogen) atoms. The highest BCUT2D eigenvalue weighted by atomic mass is 32.1. The zero-order valence-corrected chi connectivity index (χ0v) is 16.5. The molecular formula is C24H18N4S. The van der Waals surface area contributed by atoms with Gasteiger partial charge in [0.2, 0.25) is 5.13 Å². The Morgan fingerprint density at radius 3 is 2.17 bits per heavy atom. The third-order valence-corrected chi connectivity index (χ3v) is 5.60. The quantitative estimate of drug-likeness (QED) is 0.338.